The third kappa shape index (κ3) is 4.15. The molecule has 0 aliphatic rings. The number of nitrogens with one attached hydrogen (secondary N) is 1. The van der Waals surface area contributed by atoms with Crippen molar-refractivity contribution in [2.24, 2.45) is 0 Å². The van der Waals surface area contributed by atoms with Crippen LogP contribution in [-0.4, -0.2) is 32.8 Å². The number of aromatic nitrogens is 4. The Bertz CT molecular complexity index is 1350. The van der Waals surface area contributed by atoms with Crippen molar-refractivity contribution in [3.63, 3.8) is 0 Å². The van der Waals surface area contributed by atoms with E-state index in [-0.39, 0.29) is 17.7 Å². The van der Waals surface area contributed by atoms with Crippen LogP contribution in [0.2, 0.25) is 0 Å². The van der Waals surface area contributed by atoms with Crippen LogP contribution in [-0.2, 0) is 0 Å². The number of carbonyl (C=O) groups is 1. The van der Waals surface area contributed by atoms with Crippen LogP contribution < -0.4 is 15.8 Å². The molecule has 9 nitrogen and oxygen atoms in total. The molecule has 0 aliphatic heterocycles. The lowest BCUT2D eigenvalue weighted by atomic mass is 9.94. The summed E-state index contributed by atoms with van der Waals surface area (Å²) in [4.78, 5) is 30.3. The number of Topliss-reactive ketones (excluding diaryl/α,β-unsaturated/α-hetero) is 1. The normalized spacial score (nSPS) is 11.5. The number of fused-ring (bicyclic) bond motifs is 1. The van der Waals surface area contributed by atoms with E-state index in [1.165, 1.54) is 7.11 Å². The summed E-state index contributed by atoms with van der Waals surface area (Å²) >= 11 is 0. The number of nitrogens with two attached hydrogens (primary N) is 1. The Hall–Kier alpha value is -4.58. The summed E-state index contributed by atoms with van der Waals surface area (Å²) in [5.41, 5.74) is 8.17. The largest absolute Gasteiger partial charge is 0.497 e. The molecule has 4 rings (SSSR count). The molecule has 9 heteroatoms. The number of nitrogen functional groups attached to an aromatic ring is 1. The predicted molar refractivity (Wildman–Crippen MR) is 120 cm³/mol. The number of ether oxygens (including phenoxy) is 1. The van der Waals surface area contributed by atoms with E-state index >= 15 is 0 Å². The molecule has 0 fully saturated rings. The molecule has 0 bridgehead atoms. The Kier molecular flexibility index (Phi) is 5.59. The molecule has 2 heterocycles. The summed E-state index contributed by atoms with van der Waals surface area (Å²) in [7, 11) is 1.54. The van der Waals surface area contributed by atoms with Gasteiger partial charge in [0.15, 0.2) is 17.5 Å². The topological polar surface area (TPSA) is 140 Å². The standard InChI is InChI=1S/C23H19N7O2/c1-13-10-17(16-11-15(32-2)8-9-19(16)26-13)20(31)18(12-24)21-28-22(25)30-23(29-21)27-14-6-4-3-5-7-14/h3-11,18H,1-2H3,(H3,25,27,28,29,30). The van der Waals surface area contributed by atoms with Crippen LogP contribution in [0.15, 0.2) is 54.6 Å². The summed E-state index contributed by atoms with van der Waals surface area (Å²) in [6.45, 7) is 1.78. The van der Waals surface area contributed by atoms with Gasteiger partial charge in [0.2, 0.25) is 11.9 Å². The first-order valence-corrected chi connectivity index (χ1v) is 9.71. The van der Waals surface area contributed by atoms with Crippen LogP contribution in [0.25, 0.3) is 10.9 Å². The quantitative estimate of drug-likeness (QED) is 0.444. The van der Waals surface area contributed by atoms with E-state index in [4.69, 9.17) is 10.5 Å². The summed E-state index contributed by atoms with van der Waals surface area (Å²) in [6.07, 6.45) is 0. The Labute approximate surface area is 183 Å². The molecule has 0 saturated carbocycles. The highest BCUT2D eigenvalue weighted by Gasteiger charge is 2.28. The zero-order valence-corrected chi connectivity index (χ0v) is 17.4. The van der Waals surface area contributed by atoms with Gasteiger partial charge in [-0.25, -0.2) is 0 Å². The third-order valence-electron chi connectivity index (χ3n) is 4.76. The highest BCUT2D eigenvalue weighted by atomic mass is 16.5. The molecule has 0 spiro atoms. The van der Waals surface area contributed by atoms with Crippen LogP contribution >= 0.6 is 0 Å². The number of hydrogen-bond donors (Lipinski definition) is 2. The minimum atomic E-state index is -1.28. The molecule has 0 amide bonds. The second kappa shape index (κ2) is 8.65. The molecule has 0 aliphatic carbocycles. The number of nitriles is 1. The van der Waals surface area contributed by atoms with E-state index in [1.54, 1.807) is 31.2 Å². The van der Waals surface area contributed by atoms with Gasteiger partial charge in [0.1, 0.15) is 5.75 Å². The van der Waals surface area contributed by atoms with E-state index in [0.29, 0.717) is 27.9 Å². The van der Waals surface area contributed by atoms with Gasteiger partial charge in [-0.2, -0.15) is 20.2 Å². The number of carbonyl (C=O) groups excluding carboxylic acids is 1. The molecule has 0 radical (unpaired) electrons. The predicted octanol–water partition coefficient (Wildman–Crippen LogP) is 3.55. The van der Waals surface area contributed by atoms with Crippen molar-refractivity contribution in [3.8, 4) is 11.8 Å². The number of nitrogens with zero attached hydrogens (tertiary/aromatic N) is 5. The average Bonchev–Trinajstić information content (AvgIpc) is 2.79. The van der Waals surface area contributed by atoms with E-state index < -0.39 is 11.7 Å². The molecule has 2 aromatic carbocycles. The Balaban J connectivity index is 1.76. The van der Waals surface area contributed by atoms with E-state index in [1.807, 2.05) is 36.4 Å². The number of methoxy groups -OCH3 is 1. The molecular formula is C23H19N7O2. The van der Waals surface area contributed by atoms with Gasteiger partial charge in [-0.15, -0.1) is 0 Å². The van der Waals surface area contributed by atoms with Crippen molar-refractivity contribution >= 4 is 34.3 Å². The first kappa shape index (κ1) is 20.7. The fourth-order valence-electron chi connectivity index (χ4n) is 3.30. The number of aryl methyl sites for hydroxylation is 1. The van der Waals surface area contributed by atoms with Gasteiger partial charge in [-0.05, 0) is 43.3 Å². The Morgan fingerprint density at radius 1 is 1.09 bits per heavy atom. The average molecular weight is 425 g/mol. The molecular weight excluding hydrogens is 406 g/mol. The van der Waals surface area contributed by atoms with Crippen LogP contribution in [0.3, 0.4) is 0 Å². The van der Waals surface area contributed by atoms with Crippen molar-refractivity contribution in [2.45, 2.75) is 12.8 Å². The van der Waals surface area contributed by atoms with Gasteiger partial charge < -0.3 is 15.8 Å². The van der Waals surface area contributed by atoms with Crippen molar-refractivity contribution in [3.05, 3.63) is 71.7 Å². The van der Waals surface area contributed by atoms with Gasteiger partial charge in [-0.3, -0.25) is 9.78 Å². The molecule has 2 aromatic heterocycles. The van der Waals surface area contributed by atoms with Crippen molar-refractivity contribution in [2.75, 3.05) is 18.2 Å². The number of para-hydroxylation sites is 1. The lowest BCUT2D eigenvalue weighted by Crippen LogP contribution is -2.17. The Morgan fingerprint density at radius 3 is 2.59 bits per heavy atom. The summed E-state index contributed by atoms with van der Waals surface area (Å²) in [6, 6.07) is 18.1. The Morgan fingerprint density at radius 2 is 1.88 bits per heavy atom. The number of anilines is 3. The van der Waals surface area contributed by atoms with Crippen LogP contribution in [0, 0.1) is 18.3 Å². The van der Waals surface area contributed by atoms with E-state index in [2.05, 4.69) is 25.3 Å². The van der Waals surface area contributed by atoms with Crippen LogP contribution in [0.5, 0.6) is 5.75 Å². The molecule has 158 valence electrons. The number of rotatable bonds is 6. The summed E-state index contributed by atoms with van der Waals surface area (Å²) in [5, 5.41) is 13.4. The zero-order chi connectivity index (χ0) is 22.7. The van der Waals surface area contributed by atoms with Gasteiger partial charge in [0.05, 0.1) is 18.7 Å². The lowest BCUT2D eigenvalue weighted by Gasteiger charge is -2.13. The second-order valence-corrected chi connectivity index (χ2v) is 6.99. The molecule has 0 saturated heterocycles. The van der Waals surface area contributed by atoms with Crippen LogP contribution in [0.1, 0.15) is 27.8 Å². The minimum Gasteiger partial charge on any atom is -0.497 e. The van der Waals surface area contributed by atoms with E-state index in [0.717, 1.165) is 5.69 Å². The van der Waals surface area contributed by atoms with Crippen LogP contribution in [0.4, 0.5) is 17.6 Å². The monoisotopic (exact) mass is 425 g/mol. The molecule has 1 atom stereocenters. The first-order valence-electron chi connectivity index (χ1n) is 9.71. The van der Waals surface area contributed by atoms with Crippen molar-refractivity contribution in [1.29, 1.82) is 5.26 Å². The third-order valence-corrected chi connectivity index (χ3v) is 4.76. The SMILES string of the molecule is COc1ccc2nc(C)cc(C(=O)C(C#N)c3nc(N)nc(Nc4ccccc4)n3)c2c1. The number of pyridine rings is 1. The minimum absolute atomic E-state index is 0.0334. The van der Waals surface area contributed by atoms with Gasteiger partial charge in [0.25, 0.3) is 0 Å². The number of hydrogen-bond acceptors (Lipinski definition) is 9. The fraction of sp³-hybridized carbons (Fsp3) is 0.130. The first-order chi connectivity index (χ1) is 15.5. The second-order valence-electron chi connectivity index (χ2n) is 6.99. The van der Waals surface area contributed by atoms with E-state index in [9.17, 15) is 10.1 Å². The van der Waals surface area contributed by atoms with Gasteiger partial charge >= 0.3 is 0 Å². The molecule has 32 heavy (non-hydrogen) atoms. The number of benzene rings is 2. The van der Waals surface area contributed by atoms with Gasteiger partial charge in [-0.1, -0.05) is 18.2 Å². The zero-order valence-electron chi connectivity index (χ0n) is 17.4. The highest BCUT2D eigenvalue weighted by molar-refractivity contribution is 6.11. The maximum Gasteiger partial charge on any atom is 0.232 e. The smallest absolute Gasteiger partial charge is 0.232 e. The highest BCUT2D eigenvalue weighted by Crippen LogP contribution is 2.28. The lowest BCUT2D eigenvalue weighted by molar-refractivity contribution is 0.0977. The van der Waals surface area contributed by atoms with Crippen molar-refractivity contribution in [1.82, 2.24) is 19.9 Å². The summed E-state index contributed by atoms with van der Waals surface area (Å²) in [5.74, 6) is -1.16. The fourth-order valence-corrected chi connectivity index (χ4v) is 3.30. The summed E-state index contributed by atoms with van der Waals surface area (Å²) < 4.78 is 5.28. The molecule has 4 aromatic rings. The maximum atomic E-state index is 13.5. The maximum absolute atomic E-state index is 13.5. The molecule has 1 unspecified atom stereocenters. The van der Waals surface area contributed by atoms with Crippen molar-refractivity contribution < 1.29 is 9.53 Å². The van der Waals surface area contributed by atoms with Gasteiger partial charge in [0, 0.05) is 22.3 Å². The molecule has 3 N–H and O–H groups in total. The number of ketones is 1.